The second-order valence-electron chi connectivity index (χ2n) is 5.34. The summed E-state index contributed by atoms with van der Waals surface area (Å²) in [6.45, 7) is 2.85. The van der Waals surface area contributed by atoms with Crippen LogP contribution >= 0.6 is 0 Å². The molecule has 0 saturated carbocycles. The molecule has 0 bridgehead atoms. The molecule has 2 aromatic rings. The van der Waals surface area contributed by atoms with E-state index in [4.69, 9.17) is 5.73 Å². The fourth-order valence-corrected chi connectivity index (χ4v) is 2.72. The summed E-state index contributed by atoms with van der Waals surface area (Å²) < 4.78 is 0. The minimum Gasteiger partial charge on any atom is -0.342 e. The molecule has 1 fully saturated rings. The highest BCUT2D eigenvalue weighted by molar-refractivity contribution is 5.56. The summed E-state index contributed by atoms with van der Waals surface area (Å²) in [6, 6.07) is 8.24. The van der Waals surface area contributed by atoms with Gasteiger partial charge in [-0.15, -0.1) is 0 Å². The Hall–Kier alpha value is -1.65. The Morgan fingerprint density at radius 3 is 3.11 bits per heavy atom. The molecule has 19 heavy (non-hydrogen) atoms. The lowest BCUT2D eigenvalue weighted by molar-refractivity contribution is 0.411. The van der Waals surface area contributed by atoms with Gasteiger partial charge in [-0.3, -0.25) is 0 Å². The zero-order valence-corrected chi connectivity index (χ0v) is 11.3. The van der Waals surface area contributed by atoms with E-state index in [1.54, 1.807) is 0 Å². The Labute approximate surface area is 113 Å². The summed E-state index contributed by atoms with van der Waals surface area (Å²) in [5.74, 6) is 1.53. The number of nitrogens with zero attached hydrogens (tertiary/aromatic N) is 2. The molecular formula is C15H20N4. The zero-order valence-electron chi connectivity index (χ0n) is 11.3. The van der Waals surface area contributed by atoms with Crippen molar-refractivity contribution >= 4 is 0 Å². The van der Waals surface area contributed by atoms with E-state index in [9.17, 15) is 0 Å². The molecule has 1 aromatic carbocycles. The minimum absolute atomic E-state index is 0.564. The summed E-state index contributed by atoms with van der Waals surface area (Å²) in [5.41, 5.74) is 9.18. The van der Waals surface area contributed by atoms with Gasteiger partial charge in [0.2, 0.25) is 0 Å². The van der Waals surface area contributed by atoms with Gasteiger partial charge in [0.25, 0.3) is 0 Å². The second kappa shape index (κ2) is 5.15. The highest BCUT2D eigenvalue weighted by Crippen LogP contribution is 2.27. The molecule has 3 rings (SSSR count). The maximum Gasteiger partial charge on any atom is 0.137 e. The number of imidazole rings is 1. The van der Waals surface area contributed by atoms with Crippen molar-refractivity contribution < 1.29 is 0 Å². The van der Waals surface area contributed by atoms with Crippen LogP contribution in [-0.4, -0.2) is 35.0 Å². The SMILES string of the molecule is CN1CCC(c2cnc(-c3cccc(CN)c3)[nH]2)C1. The van der Waals surface area contributed by atoms with Gasteiger partial charge in [-0.05, 0) is 31.6 Å². The average molecular weight is 256 g/mol. The van der Waals surface area contributed by atoms with Gasteiger partial charge in [0.15, 0.2) is 0 Å². The number of benzene rings is 1. The number of aromatic amines is 1. The van der Waals surface area contributed by atoms with E-state index >= 15 is 0 Å². The fourth-order valence-electron chi connectivity index (χ4n) is 2.72. The minimum atomic E-state index is 0.564. The number of likely N-dealkylation sites (tertiary alicyclic amines) is 1. The molecule has 100 valence electrons. The molecule has 2 heterocycles. The Bertz CT molecular complexity index is 561. The van der Waals surface area contributed by atoms with Gasteiger partial charge in [-0.2, -0.15) is 0 Å². The standard InChI is InChI=1S/C15H20N4/c1-19-6-5-13(10-19)14-9-17-15(18-14)12-4-2-3-11(7-12)8-16/h2-4,7,9,13H,5-6,8,10,16H2,1H3,(H,17,18). The van der Waals surface area contributed by atoms with Crippen molar-refractivity contribution in [3.63, 3.8) is 0 Å². The zero-order chi connectivity index (χ0) is 13.2. The summed E-state index contributed by atoms with van der Waals surface area (Å²) in [4.78, 5) is 10.3. The number of likely N-dealkylation sites (N-methyl/N-ethyl adjacent to an activating group) is 1. The first-order chi connectivity index (χ1) is 9.26. The van der Waals surface area contributed by atoms with Crippen LogP contribution in [-0.2, 0) is 6.54 Å². The molecule has 3 N–H and O–H groups in total. The Morgan fingerprint density at radius 1 is 1.47 bits per heavy atom. The third kappa shape index (κ3) is 2.55. The van der Waals surface area contributed by atoms with Crippen LogP contribution in [0.5, 0.6) is 0 Å². The molecule has 4 heteroatoms. The first-order valence-corrected chi connectivity index (χ1v) is 6.79. The molecule has 0 amide bonds. The van der Waals surface area contributed by atoms with Crippen LogP contribution in [0.4, 0.5) is 0 Å². The van der Waals surface area contributed by atoms with E-state index in [1.165, 1.54) is 18.7 Å². The molecule has 1 atom stereocenters. The second-order valence-corrected chi connectivity index (χ2v) is 5.34. The number of nitrogens with two attached hydrogens (primary N) is 1. The van der Waals surface area contributed by atoms with Crippen LogP contribution in [0.1, 0.15) is 23.6 Å². The normalized spacial score (nSPS) is 20.0. The first-order valence-electron chi connectivity index (χ1n) is 6.79. The van der Waals surface area contributed by atoms with Crippen LogP contribution in [0.2, 0.25) is 0 Å². The van der Waals surface area contributed by atoms with Gasteiger partial charge in [0, 0.05) is 36.5 Å². The highest BCUT2D eigenvalue weighted by Gasteiger charge is 2.22. The number of nitrogens with one attached hydrogen (secondary N) is 1. The summed E-state index contributed by atoms with van der Waals surface area (Å²) in [6.07, 6.45) is 3.19. The number of H-pyrrole nitrogens is 1. The van der Waals surface area contributed by atoms with Crippen LogP contribution in [0.3, 0.4) is 0 Å². The number of rotatable bonds is 3. The third-order valence-electron chi connectivity index (χ3n) is 3.86. The Kier molecular flexibility index (Phi) is 3.36. The van der Waals surface area contributed by atoms with E-state index in [0.717, 1.165) is 23.5 Å². The van der Waals surface area contributed by atoms with Crippen LogP contribution < -0.4 is 5.73 Å². The highest BCUT2D eigenvalue weighted by atomic mass is 15.1. The molecule has 0 aliphatic carbocycles. The molecule has 1 unspecified atom stereocenters. The Balaban J connectivity index is 1.84. The molecule has 0 radical (unpaired) electrons. The molecule has 0 spiro atoms. The van der Waals surface area contributed by atoms with Crippen molar-refractivity contribution in [2.75, 3.05) is 20.1 Å². The van der Waals surface area contributed by atoms with Gasteiger partial charge in [-0.25, -0.2) is 4.98 Å². The number of hydrogen-bond donors (Lipinski definition) is 2. The lowest BCUT2D eigenvalue weighted by atomic mass is 10.1. The predicted molar refractivity (Wildman–Crippen MR) is 76.8 cm³/mol. The maximum absolute atomic E-state index is 5.68. The van der Waals surface area contributed by atoms with E-state index < -0.39 is 0 Å². The molecule has 4 nitrogen and oxygen atoms in total. The largest absolute Gasteiger partial charge is 0.342 e. The average Bonchev–Trinajstić information content (AvgIpc) is 3.07. The van der Waals surface area contributed by atoms with Gasteiger partial charge >= 0.3 is 0 Å². The van der Waals surface area contributed by atoms with Gasteiger partial charge in [0.05, 0.1) is 0 Å². The van der Waals surface area contributed by atoms with Crippen LogP contribution in [0.15, 0.2) is 30.5 Å². The first kappa shape index (κ1) is 12.4. The lowest BCUT2D eigenvalue weighted by Gasteiger charge is -2.07. The van der Waals surface area contributed by atoms with E-state index in [1.807, 2.05) is 18.3 Å². The summed E-state index contributed by atoms with van der Waals surface area (Å²) >= 11 is 0. The van der Waals surface area contributed by atoms with Crippen molar-refractivity contribution in [2.24, 2.45) is 5.73 Å². The number of hydrogen-bond acceptors (Lipinski definition) is 3. The van der Waals surface area contributed by atoms with Crippen LogP contribution in [0, 0.1) is 0 Å². The smallest absolute Gasteiger partial charge is 0.137 e. The third-order valence-corrected chi connectivity index (χ3v) is 3.86. The predicted octanol–water partition coefficient (Wildman–Crippen LogP) is 1.95. The molecular weight excluding hydrogens is 236 g/mol. The van der Waals surface area contributed by atoms with Crippen molar-refractivity contribution in [1.82, 2.24) is 14.9 Å². The van der Waals surface area contributed by atoms with Gasteiger partial charge in [-0.1, -0.05) is 18.2 Å². The molecule has 1 aromatic heterocycles. The maximum atomic E-state index is 5.68. The van der Waals surface area contributed by atoms with E-state index in [-0.39, 0.29) is 0 Å². The van der Waals surface area contributed by atoms with E-state index in [0.29, 0.717) is 12.5 Å². The van der Waals surface area contributed by atoms with Gasteiger partial charge < -0.3 is 15.6 Å². The van der Waals surface area contributed by atoms with Crippen molar-refractivity contribution in [3.8, 4) is 11.4 Å². The van der Waals surface area contributed by atoms with Crippen LogP contribution in [0.25, 0.3) is 11.4 Å². The quantitative estimate of drug-likeness (QED) is 0.882. The fraction of sp³-hybridized carbons (Fsp3) is 0.400. The van der Waals surface area contributed by atoms with Crippen molar-refractivity contribution in [1.29, 1.82) is 0 Å². The molecule has 1 aliphatic rings. The van der Waals surface area contributed by atoms with Crippen molar-refractivity contribution in [3.05, 3.63) is 41.7 Å². The molecule has 1 saturated heterocycles. The monoisotopic (exact) mass is 256 g/mol. The van der Waals surface area contributed by atoms with Gasteiger partial charge in [0.1, 0.15) is 5.82 Å². The summed E-state index contributed by atoms with van der Waals surface area (Å²) in [5, 5.41) is 0. The topological polar surface area (TPSA) is 57.9 Å². The number of aromatic nitrogens is 2. The van der Waals surface area contributed by atoms with Crippen molar-refractivity contribution in [2.45, 2.75) is 18.9 Å². The van der Waals surface area contributed by atoms with E-state index in [2.05, 4.69) is 34.0 Å². The summed E-state index contributed by atoms with van der Waals surface area (Å²) in [7, 11) is 2.17. The molecule has 1 aliphatic heterocycles. The Morgan fingerprint density at radius 2 is 2.37 bits per heavy atom. The lowest BCUT2D eigenvalue weighted by Crippen LogP contribution is -2.13.